The lowest BCUT2D eigenvalue weighted by molar-refractivity contribution is 0.239. The van der Waals surface area contributed by atoms with Crippen molar-refractivity contribution in [2.75, 3.05) is 13.1 Å². The van der Waals surface area contributed by atoms with Crippen LogP contribution in [0.25, 0.3) is 0 Å². The third kappa shape index (κ3) is 3.48. The van der Waals surface area contributed by atoms with Crippen molar-refractivity contribution in [2.45, 2.75) is 39.7 Å². The normalized spacial score (nSPS) is 17.5. The van der Waals surface area contributed by atoms with Crippen molar-refractivity contribution >= 4 is 17.2 Å². The highest BCUT2D eigenvalue weighted by molar-refractivity contribution is 7.10. The summed E-state index contributed by atoms with van der Waals surface area (Å²) in [6.45, 7) is 7.35. The second-order valence-electron chi connectivity index (χ2n) is 5.87. The standard InChI is InChI=1S/C14H23N3OS/c1-14(2,13(15)16-18)6-3-7-17-8-4-12-11(10-17)5-9-19-12/h5,9,18H,3-4,6-8,10H2,1-2H3,(H2,15,16). The van der Waals surface area contributed by atoms with Crippen LogP contribution in [0.4, 0.5) is 0 Å². The smallest absolute Gasteiger partial charge is 0.144 e. The van der Waals surface area contributed by atoms with Crippen LogP contribution in [0, 0.1) is 5.41 Å². The highest BCUT2D eigenvalue weighted by Gasteiger charge is 2.24. The summed E-state index contributed by atoms with van der Waals surface area (Å²) in [4.78, 5) is 4.05. The summed E-state index contributed by atoms with van der Waals surface area (Å²) in [5.74, 6) is 0.325. The van der Waals surface area contributed by atoms with Crippen LogP contribution in [0.15, 0.2) is 16.6 Å². The SMILES string of the molecule is CC(C)(CCCN1CCc2sccc2C1)C(N)=NO. The molecule has 2 rings (SSSR count). The number of fused-ring (bicyclic) bond motifs is 1. The van der Waals surface area contributed by atoms with Gasteiger partial charge < -0.3 is 10.9 Å². The Morgan fingerprint density at radius 1 is 1.58 bits per heavy atom. The molecule has 19 heavy (non-hydrogen) atoms. The van der Waals surface area contributed by atoms with Crippen LogP contribution in [-0.2, 0) is 13.0 Å². The molecule has 0 amide bonds. The Kier molecular flexibility index (Phi) is 4.47. The molecule has 0 fully saturated rings. The highest BCUT2D eigenvalue weighted by Crippen LogP contribution is 2.26. The van der Waals surface area contributed by atoms with E-state index in [9.17, 15) is 0 Å². The van der Waals surface area contributed by atoms with Crippen LogP contribution in [0.5, 0.6) is 0 Å². The average molecular weight is 281 g/mol. The summed E-state index contributed by atoms with van der Waals surface area (Å²) in [6, 6.07) is 2.24. The number of hydrogen-bond donors (Lipinski definition) is 2. The minimum atomic E-state index is -0.224. The van der Waals surface area contributed by atoms with E-state index in [1.54, 1.807) is 4.88 Å². The number of nitrogens with two attached hydrogens (primary N) is 1. The molecule has 1 aromatic rings. The number of oxime groups is 1. The van der Waals surface area contributed by atoms with Crippen LogP contribution in [0.3, 0.4) is 0 Å². The predicted octanol–water partition coefficient (Wildman–Crippen LogP) is 2.66. The number of thiophene rings is 1. The molecule has 1 aliphatic rings. The van der Waals surface area contributed by atoms with Crippen molar-refractivity contribution in [3.8, 4) is 0 Å². The van der Waals surface area contributed by atoms with Gasteiger partial charge in [0.1, 0.15) is 5.84 Å². The Labute approximate surface area is 118 Å². The summed E-state index contributed by atoms with van der Waals surface area (Å²) < 4.78 is 0. The van der Waals surface area contributed by atoms with E-state index >= 15 is 0 Å². The molecule has 0 saturated heterocycles. The molecule has 0 spiro atoms. The van der Waals surface area contributed by atoms with Crippen molar-refractivity contribution in [3.05, 3.63) is 21.9 Å². The molecule has 5 heteroatoms. The van der Waals surface area contributed by atoms with Gasteiger partial charge in [0.25, 0.3) is 0 Å². The van der Waals surface area contributed by atoms with E-state index in [0.29, 0.717) is 5.84 Å². The zero-order valence-electron chi connectivity index (χ0n) is 11.7. The van der Waals surface area contributed by atoms with E-state index in [4.69, 9.17) is 10.9 Å². The lowest BCUT2D eigenvalue weighted by Crippen LogP contribution is -2.34. The molecule has 3 N–H and O–H groups in total. The van der Waals surface area contributed by atoms with Crippen LogP contribution in [-0.4, -0.2) is 29.0 Å². The minimum Gasteiger partial charge on any atom is -0.409 e. The molecule has 0 aliphatic carbocycles. The lowest BCUT2D eigenvalue weighted by atomic mass is 9.86. The number of nitrogens with zero attached hydrogens (tertiary/aromatic N) is 2. The maximum atomic E-state index is 8.76. The monoisotopic (exact) mass is 281 g/mol. The Balaban J connectivity index is 1.79. The molecule has 2 heterocycles. The Morgan fingerprint density at radius 2 is 2.37 bits per heavy atom. The second-order valence-corrected chi connectivity index (χ2v) is 6.87. The van der Waals surface area contributed by atoms with E-state index in [1.807, 2.05) is 25.2 Å². The lowest BCUT2D eigenvalue weighted by Gasteiger charge is -2.29. The summed E-state index contributed by atoms with van der Waals surface area (Å²) >= 11 is 1.88. The maximum absolute atomic E-state index is 8.76. The van der Waals surface area contributed by atoms with Crippen molar-refractivity contribution in [2.24, 2.45) is 16.3 Å². The molecular weight excluding hydrogens is 258 g/mol. The molecule has 1 aromatic heterocycles. The Hall–Kier alpha value is -1.07. The fraction of sp³-hybridized carbons (Fsp3) is 0.643. The quantitative estimate of drug-likeness (QED) is 0.377. The van der Waals surface area contributed by atoms with E-state index in [2.05, 4.69) is 21.5 Å². The van der Waals surface area contributed by atoms with Gasteiger partial charge in [0.05, 0.1) is 0 Å². The Morgan fingerprint density at radius 3 is 3.11 bits per heavy atom. The summed E-state index contributed by atoms with van der Waals surface area (Å²) in [5.41, 5.74) is 6.98. The second kappa shape index (κ2) is 5.92. The van der Waals surface area contributed by atoms with Crippen LogP contribution in [0.1, 0.15) is 37.1 Å². The van der Waals surface area contributed by atoms with Gasteiger partial charge in [-0.05, 0) is 42.8 Å². The fourth-order valence-corrected chi connectivity index (χ4v) is 3.40. The van der Waals surface area contributed by atoms with Crippen molar-refractivity contribution < 1.29 is 5.21 Å². The molecule has 0 unspecified atom stereocenters. The first-order chi connectivity index (χ1) is 9.03. The highest BCUT2D eigenvalue weighted by atomic mass is 32.1. The first-order valence-electron chi connectivity index (χ1n) is 6.78. The van der Waals surface area contributed by atoms with Gasteiger partial charge in [-0.15, -0.1) is 11.3 Å². The van der Waals surface area contributed by atoms with Crippen LogP contribution in [0.2, 0.25) is 0 Å². The maximum Gasteiger partial charge on any atom is 0.144 e. The topological polar surface area (TPSA) is 61.8 Å². The largest absolute Gasteiger partial charge is 0.409 e. The zero-order chi connectivity index (χ0) is 13.9. The fourth-order valence-electron chi connectivity index (χ4n) is 2.51. The van der Waals surface area contributed by atoms with E-state index in [0.717, 1.165) is 32.5 Å². The molecule has 1 aliphatic heterocycles. The van der Waals surface area contributed by atoms with E-state index < -0.39 is 0 Å². The summed E-state index contributed by atoms with van der Waals surface area (Å²) in [5, 5.41) is 14.1. The van der Waals surface area contributed by atoms with E-state index in [1.165, 1.54) is 12.0 Å². The Bertz CT molecular complexity index is 453. The summed E-state index contributed by atoms with van der Waals surface area (Å²) in [6.07, 6.45) is 3.19. The van der Waals surface area contributed by atoms with Gasteiger partial charge >= 0.3 is 0 Å². The molecule has 4 nitrogen and oxygen atoms in total. The van der Waals surface area contributed by atoms with Gasteiger partial charge in [0.2, 0.25) is 0 Å². The third-order valence-corrected chi connectivity index (χ3v) is 4.99. The van der Waals surface area contributed by atoms with Crippen molar-refractivity contribution in [1.29, 1.82) is 0 Å². The van der Waals surface area contributed by atoms with Gasteiger partial charge in [-0.1, -0.05) is 19.0 Å². The van der Waals surface area contributed by atoms with Crippen LogP contribution >= 0.6 is 11.3 Å². The van der Waals surface area contributed by atoms with Gasteiger partial charge in [-0.25, -0.2) is 0 Å². The van der Waals surface area contributed by atoms with Gasteiger partial charge in [0.15, 0.2) is 0 Å². The minimum absolute atomic E-state index is 0.224. The van der Waals surface area contributed by atoms with Gasteiger partial charge in [-0.3, -0.25) is 4.90 Å². The molecule has 0 aromatic carbocycles. The molecule has 0 bridgehead atoms. The number of hydrogen-bond acceptors (Lipinski definition) is 4. The third-order valence-electron chi connectivity index (χ3n) is 3.96. The summed E-state index contributed by atoms with van der Waals surface area (Å²) in [7, 11) is 0. The first-order valence-corrected chi connectivity index (χ1v) is 7.66. The molecule has 0 saturated carbocycles. The van der Waals surface area contributed by atoms with Gasteiger partial charge in [-0.2, -0.15) is 0 Å². The molecule has 0 atom stereocenters. The average Bonchev–Trinajstić information content (AvgIpc) is 2.84. The van der Waals surface area contributed by atoms with Gasteiger partial charge in [0, 0.05) is 23.4 Å². The van der Waals surface area contributed by atoms with Crippen LogP contribution < -0.4 is 5.73 Å². The van der Waals surface area contributed by atoms with E-state index in [-0.39, 0.29) is 5.41 Å². The number of rotatable bonds is 5. The van der Waals surface area contributed by atoms with Crippen molar-refractivity contribution in [3.63, 3.8) is 0 Å². The molecule has 0 radical (unpaired) electrons. The number of amidine groups is 1. The first kappa shape index (κ1) is 14.3. The predicted molar refractivity (Wildman–Crippen MR) is 79.7 cm³/mol. The zero-order valence-corrected chi connectivity index (χ0v) is 12.5. The molecular formula is C14H23N3OS. The molecule has 106 valence electrons. The van der Waals surface area contributed by atoms with Crippen molar-refractivity contribution in [1.82, 2.24) is 4.90 Å².